The minimum Gasteiger partial charge on any atom is -0.496 e. The molecule has 2 aliphatic rings. The van der Waals surface area contributed by atoms with E-state index in [1.807, 2.05) is 61.5 Å². The molecule has 34 heavy (non-hydrogen) atoms. The number of amides is 2. The molecular weight excluding hydrogens is 500 g/mol. The standard InChI is InChI=1S/C26H23BrN2O5/c1-3-33-21-12-8-7-11-19(21)28-25(30)22-23(16-13-14-20(32-2)18(27)15-16)29(34-24(22)26(28)31)17-9-5-4-6-10-17/h4-15,22-24H,3H2,1-2H3/t22-,23-,24-/m0/s1. The first-order valence-corrected chi connectivity index (χ1v) is 11.8. The first-order valence-electron chi connectivity index (χ1n) is 11.0. The van der Waals surface area contributed by atoms with Crippen molar-refractivity contribution in [1.29, 1.82) is 0 Å². The summed E-state index contributed by atoms with van der Waals surface area (Å²) >= 11 is 3.54. The number of nitrogens with zero attached hydrogens (tertiary/aromatic N) is 2. The summed E-state index contributed by atoms with van der Waals surface area (Å²) in [6.45, 7) is 2.28. The second-order valence-corrected chi connectivity index (χ2v) is 8.82. The van der Waals surface area contributed by atoms with Crippen molar-refractivity contribution in [3.8, 4) is 11.5 Å². The minimum absolute atomic E-state index is 0.322. The predicted octanol–water partition coefficient (Wildman–Crippen LogP) is 4.91. The predicted molar refractivity (Wildman–Crippen MR) is 131 cm³/mol. The number of methoxy groups -OCH3 is 1. The Balaban J connectivity index is 1.59. The molecule has 7 nitrogen and oxygen atoms in total. The van der Waals surface area contributed by atoms with Crippen LogP contribution < -0.4 is 19.4 Å². The van der Waals surface area contributed by atoms with Crippen molar-refractivity contribution < 1.29 is 23.9 Å². The van der Waals surface area contributed by atoms with Gasteiger partial charge in [-0.3, -0.25) is 14.4 Å². The molecule has 3 atom stereocenters. The van der Waals surface area contributed by atoms with E-state index in [9.17, 15) is 9.59 Å². The molecule has 0 aromatic heterocycles. The molecule has 174 valence electrons. The summed E-state index contributed by atoms with van der Waals surface area (Å²) in [5.41, 5.74) is 2.01. The second kappa shape index (κ2) is 9.12. The van der Waals surface area contributed by atoms with Crippen LogP contribution in [-0.4, -0.2) is 31.6 Å². The summed E-state index contributed by atoms with van der Waals surface area (Å²) in [6.07, 6.45) is -0.951. The van der Waals surface area contributed by atoms with Crippen molar-refractivity contribution in [2.75, 3.05) is 23.7 Å². The van der Waals surface area contributed by atoms with Gasteiger partial charge < -0.3 is 9.47 Å². The number of ether oxygens (including phenoxy) is 2. The largest absolute Gasteiger partial charge is 0.496 e. The first kappa shape index (κ1) is 22.4. The van der Waals surface area contributed by atoms with E-state index in [0.29, 0.717) is 23.8 Å². The zero-order valence-corrected chi connectivity index (χ0v) is 20.3. The number of hydrogen-bond acceptors (Lipinski definition) is 6. The van der Waals surface area contributed by atoms with Crippen LogP contribution in [0.5, 0.6) is 11.5 Å². The van der Waals surface area contributed by atoms with Gasteiger partial charge in [-0.1, -0.05) is 36.4 Å². The number of carbonyl (C=O) groups excluding carboxylic acids is 2. The van der Waals surface area contributed by atoms with Gasteiger partial charge in [0.25, 0.3) is 5.91 Å². The highest BCUT2D eigenvalue weighted by Gasteiger charge is 2.60. The molecule has 0 aliphatic carbocycles. The monoisotopic (exact) mass is 522 g/mol. The number of para-hydroxylation sites is 3. The number of rotatable bonds is 6. The second-order valence-electron chi connectivity index (χ2n) is 7.96. The van der Waals surface area contributed by atoms with Crippen molar-refractivity contribution in [3.63, 3.8) is 0 Å². The fourth-order valence-electron chi connectivity index (χ4n) is 4.58. The summed E-state index contributed by atoms with van der Waals surface area (Å²) in [5.74, 6) is -0.305. The Morgan fingerprint density at radius 1 is 0.941 bits per heavy atom. The van der Waals surface area contributed by atoms with Crippen molar-refractivity contribution in [2.24, 2.45) is 5.92 Å². The van der Waals surface area contributed by atoms with Crippen molar-refractivity contribution in [1.82, 2.24) is 0 Å². The number of hydrogen-bond donors (Lipinski definition) is 0. The molecule has 2 aliphatic heterocycles. The van der Waals surface area contributed by atoms with Gasteiger partial charge in [-0.15, -0.1) is 0 Å². The lowest BCUT2D eigenvalue weighted by molar-refractivity contribution is -0.126. The Labute approximate surface area is 205 Å². The van der Waals surface area contributed by atoms with E-state index in [1.54, 1.807) is 30.4 Å². The molecule has 0 radical (unpaired) electrons. The number of anilines is 2. The highest BCUT2D eigenvalue weighted by molar-refractivity contribution is 9.10. The van der Waals surface area contributed by atoms with Crippen LogP contribution >= 0.6 is 15.9 Å². The molecule has 8 heteroatoms. The molecule has 2 amide bonds. The molecule has 2 fully saturated rings. The Kier molecular flexibility index (Phi) is 6.02. The van der Waals surface area contributed by atoms with Crippen LogP contribution in [0.3, 0.4) is 0 Å². The number of hydroxylamine groups is 1. The van der Waals surface area contributed by atoms with Crippen LogP contribution in [0.15, 0.2) is 77.3 Å². The minimum atomic E-state index is -0.951. The third-order valence-electron chi connectivity index (χ3n) is 6.05. The molecule has 0 saturated carbocycles. The number of benzene rings is 3. The van der Waals surface area contributed by atoms with E-state index in [-0.39, 0.29) is 5.91 Å². The normalized spacial score (nSPS) is 21.7. The number of halogens is 1. The Hall–Kier alpha value is -3.36. The number of carbonyl (C=O) groups is 2. The molecule has 0 bridgehead atoms. The lowest BCUT2D eigenvalue weighted by Gasteiger charge is -2.29. The van der Waals surface area contributed by atoms with E-state index in [4.69, 9.17) is 14.3 Å². The van der Waals surface area contributed by atoms with E-state index >= 15 is 0 Å². The molecule has 3 aromatic carbocycles. The topological polar surface area (TPSA) is 68.3 Å². The van der Waals surface area contributed by atoms with Gasteiger partial charge in [0.2, 0.25) is 5.91 Å². The van der Waals surface area contributed by atoms with Crippen molar-refractivity contribution in [3.05, 3.63) is 82.8 Å². The van der Waals surface area contributed by atoms with Gasteiger partial charge in [-0.05, 0) is 64.8 Å². The maximum absolute atomic E-state index is 13.8. The highest BCUT2D eigenvalue weighted by Crippen LogP contribution is 2.49. The van der Waals surface area contributed by atoms with Gasteiger partial charge in [0.1, 0.15) is 17.4 Å². The lowest BCUT2D eigenvalue weighted by atomic mass is 9.90. The smallest absolute Gasteiger partial charge is 0.266 e. The van der Waals surface area contributed by atoms with E-state index in [2.05, 4.69) is 15.9 Å². The Morgan fingerprint density at radius 3 is 2.38 bits per heavy atom. The molecule has 3 aromatic rings. The maximum atomic E-state index is 13.8. The molecular formula is C26H23BrN2O5. The molecule has 0 spiro atoms. The average molecular weight is 523 g/mol. The Bertz CT molecular complexity index is 1230. The summed E-state index contributed by atoms with van der Waals surface area (Å²) in [4.78, 5) is 34.8. The fraction of sp³-hybridized carbons (Fsp3) is 0.231. The van der Waals surface area contributed by atoms with Gasteiger partial charge in [0, 0.05) is 0 Å². The van der Waals surface area contributed by atoms with Crippen molar-refractivity contribution >= 4 is 39.1 Å². The quantitative estimate of drug-likeness (QED) is 0.428. The number of fused-ring (bicyclic) bond motifs is 1. The van der Waals surface area contributed by atoms with Crippen LogP contribution in [0.4, 0.5) is 11.4 Å². The van der Waals surface area contributed by atoms with Crippen LogP contribution in [0.1, 0.15) is 18.5 Å². The fourth-order valence-corrected chi connectivity index (χ4v) is 5.13. The van der Waals surface area contributed by atoms with Crippen LogP contribution in [0, 0.1) is 5.92 Å². The SMILES string of the molecule is CCOc1ccccc1N1C(=O)[C@@H]2[C@H](ON(c3ccccc3)[C@H]2c2ccc(OC)c(Br)c2)C1=O. The summed E-state index contributed by atoms with van der Waals surface area (Å²) in [5, 5.41) is 1.67. The van der Waals surface area contributed by atoms with Gasteiger partial charge in [-0.2, -0.15) is 0 Å². The number of imide groups is 1. The van der Waals surface area contributed by atoms with Gasteiger partial charge in [0.15, 0.2) is 6.10 Å². The van der Waals surface area contributed by atoms with Crippen LogP contribution in [-0.2, 0) is 14.4 Å². The summed E-state index contributed by atoms with van der Waals surface area (Å²) < 4.78 is 11.8. The molecule has 0 unspecified atom stereocenters. The van der Waals surface area contributed by atoms with Crippen molar-refractivity contribution in [2.45, 2.75) is 19.1 Å². The van der Waals surface area contributed by atoms with E-state index < -0.39 is 24.0 Å². The third kappa shape index (κ3) is 3.63. The first-order chi connectivity index (χ1) is 16.5. The lowest BCUT2D eigenvalue weighted by Crippen LogP contribution is -2.37. The summed E-state index contributed by atoms with van der Waals surface area (Å²) in [6, 6.07) is 21.6. The van der Waals surface area contributed by atoms with Gasteiger partial charge in [0.05, 0.1) is 35.6 Å². The zero-order valence-electron chi connectivity index (χ0n) is 18.7. The van der Waals surface area contributed by atoms with Gasteiger partial charge in [-0.25, -0.2) is 9.96 Å². The van der Waals surface area contributed by atoms with Crippen LogP contribution in [0.25, 0.3) is 0 Å². The molecule has 5 rings (SSSR count). The molecule has 2 saturated heterocycles. The Morgan fingerprint density at radius 2 is 1.68 bits per heavy atom. The maximum Gasteiger partial charge on any atom is 0.266 e. The van der Waals surface area contributed by atoms with Gasteiger partial charge >= 0.3 is 0 Å². The zero-order chi connectivity index (χ0) is 23.8. The molecule has 2 heterocycles. The van der Waals surface area contributed by atoms with Crippen LogP contribution in [0.2, 0.25) is 0 Å². The molecule has 0 N–H and O–H groups in total. The van der Waals surface area contributed by atoms with E-state index in [1.165, 1.54) is 4.90 Å². The highest BCUT2D eigenvalue weighted by atomic mass is 79.9. The third-order valence-corrected chi connectivity index (χ3v) is 6.67. The van der Waals surface area contributed by atoms with E-state index in [0.717, 1.165) is 15.7 Å². The average Bonchev–Trinajstić information content (AvgIpc) is 3.36. The summed E-state index contributed by atoms with van der Waals surface area (Å²) in [7, 11) is 1.59.